The minimum absolute atomic E-state index is 1.09. The van der Waals surface area contributed by atoms with Crippen LogP contribution < -0.4 is 0 Å². The van der Waals surface area contributed by atoms with E-state index in [1.807, 2.05) is 6.07 Å². The van der Waals surface area contributed by atoms with Crippen LogP contribution in [0, 0.1) is 6.92 Å². The van der Waals surface area contributed by atoms with E-state index in [2.05, 4.69) is 49.3 Å². The molecule has 0 fully saturated rings. The second kappa shape index (κ2) is 3.70. The Morgan fingerprint density at radius 2 is 1.86 bits per heavy atom. The molecule has 0 aliphatic rings. The van der Waals surface area contributed by atoms with Crippen LogP contribution in [-0.4, -0.2) is 4.98 Å². The molecule has 2 aromatic rings. The maximum atomic E-state index is 3.34. The first-order valence-electron chi connectivity index (χ1n) is 5.05. The summed E-state index contributed by atoms with van der Waals surface area (Å²) in [7, 11) is 0. The normalized spacial score (nSPS) is 10.4. The first kappa shape index (κ1) is 9.07. The summed E-state index contributed by atoms with van der Waals surface area (Å²) in [6, 6.07) is 10.5. The Morgan fingerprint density at radius 1 is 1.14 bits per heavy atom. The Labute approximate surface area is 84.8 Å². The number of aromatic amines is 1. The summed E-state index contributed by atoms with van der Waals surface area (Å²) in [6.45, 7) is 4.36. The fourth-order valence-corrected chi connectivity index (χ4v) is 1.81. The maximum absolute atomic E-state index is 3.34. The zero-order valence-electron chi connectivity index (χ0n) is 8.67. The Bertz CT molecular complexity index is 412. The Kier molecular flexibility index (Phi) is 2.40. The molecule has 0 saturated heterocycles. The molecule has 0 bridgehead atoms. The monoisotopic (exact) mass is 185 g/mol. The lowest BCUT2D eigenvalue weighted by molar-refractivity contribution is 1.12. The van der Waals surface area contributed by atoms with Crippen LogP contribution in [0.25, 0.3) is 11.3 Å². The van der Waals surface area contributed by atoms with E-state index >= 15 is 0 Å². The molecule has 0 spiro atoms. The molecule has 2 rings (SSSR count). The van der Waals surface area contributed by atoms with Gasteiger partial charge in [-0.1, -0.05) is 37.3 Å². The molecule has 14 heavy (non-hydrogen) atoms. The van der Waals surface area contributed by atoms with E-state index in [0.29, 0.717) is 0 Å². The highest BCUT2D eigenvalue weighted by Crippen LogP contribution is 2.24. The molecule has 1 heteroatoms. The quantitative estimate of drug-likeness (QED) is 0.736. The van der Waals surface area contributed by atoms with Gasteiger partial charge in [-0.2, -0.15) is 0 Å². The molecule has 0 radical (unpaired) electrons. The summed E-state index contributed by atoms with van der Waals surface area (Å²) < 4.78 is 0. The zero-order valence-corrected chi connectivity index (χ0v) is 8.67. The third-order valence-electron chi connectivity index (χ3n) is 2.69. The molecule has 1 aromatic carbocycles. The fraction of sp³-hybridized carbons (Fsp3) is 0.231. The van der Waals surface area contributed by atoms with Crippen molar-refractivity contribution in [1.82, 2.24) is 4.98 Å². The van der Waals surface area contributed by atoms with Crippen molar-refractivity contribution in [1.29, 1.82) is 0 Å². The van der Waals surface area contributed by atoms with Gasteiger partial charge in [-0.15, -0.1) is 0 Å². The van der Waals surface area contributed by atoms with Crippen molar-refractivity contribution < 1.29 is 0 Å². The number of rotatable bonds is 2. The SMILES string of the molecule is CCc1c[nH]c(-c2ccccc2)c1C. The van der Waals surface area contributed by atoms with E-state index in [1.165, 1.54) is 22.4 Å². The molecule has 1 aromatic heterocycles. The van der Waals surface area contributed by atoms with Gasteiger partial charge in [0.25, 0.3) is 0 Å². The van der Waals surface area contributed by atoms with Crippen LogP contribution in [0.5, 0.6) is 0 Å². The molecule has 0 saturated carbocycles. The van der Waals surface area contributed by atoms with Gasteiger partial charge in [0.15, 0.2) is 0 Å². The summed E-state index contributed by atoms with van der Waals surface area (Å²) in [4.78, 5) is 3.34. The minimum Gasteiger partial charge on any atom is -0.361 e. The van der Waals surface area contributed by atoms with Crippen molar-refractivity contribution in [3.8, 4) is 11.3 Å². The number of hydrogen-bond donors (Lipinski definition) is 1. The lowest BCUT2D eigenvalue weighted by Crippen LogP contribution is -1.82. The average molecular weight is 185 g/mol. The molecule has 1 heterocycles. The fourth-order valence-electron chi connectivity index (χ4n) is 1.81. The zero-order chi connectivity index (χ0) is 9.97. The lowest BCUT2D eigenvalue weighted by atomic mass is 10.1. The van der Waals surface area contributed by atoms with E-state index in [1.54, 1.807) is 0 Å². The summed E-state index contributed by atoms with van der Waals surface area (Å²) in [5.41, 5.74) is 5.30. The van der Waals surface area contributed by atoms with Crippen molar-refractivity contribution in [3.05, 3.63) is 47.7 Å². The van der Waals surface area contributed by atoms with E-state index in [-0.39, 0.29) is 0 Å². The number of H-pyrrole nitrogens is 1. The van der Waals surface area contributed by atoms with Gasteiger partial charge in [0.2, 0.25) is 0 Å². The molecular weight excluding hydrogens is 170 g/mol. The molecule has 0 aliphatic carbocycles. The highest BCUT2D eigenvalue weighted by atomic mass is 14.7. The van der Waals surface area contributed by atoms with Gasteiger partial charge >= 0.3 is 0 Å². The number of nitrogens with one attached hydrogen (secondary N) is 1. The first-order valence-corrected chi connectivity index (χ1v) is 5.05. The third kappa shape index (κ3) is 1.46. The summed E-state index contributed by atoms with van der Waals surface area (Å²) >= 11 is 0. The lowest BCUT2D eigenvalue weighted by Gasteiger charge is -2.00. The largest absolute Gasteiger partial charge is 0.361 e. The topological polar surface area (TPSA) is 15.8 Å². The number of aromatic nitrogens is 1. The minimum atomic E-state index is 1.09. The van der Waals surface area contributed by atoms with E-state index in [4.69, 9.17) is 0 Å². The molecular formula is C13H15N. The molecule has 0 amide bonds. The van der Waals surface area contributed by atoms with Crippen molar-refractivity contribution >= 4 is 0 Å². The molecule has 1 nitrogen and oxygen atoms in total. The number of benzene rings is 1. The van der Waals surface area contributed by atoms with E-state index in [0.717, 1.165) is 6.42 Å². The number of aryl methyl sites for hydroxylation is 1. The van der Waals surface area contributed by atoms with E-state index < -0.39 is 0 Å². The average Bonchev–Trinajstić information content (AvgIpc) is 2.61. The van der Waals surface area contributed by atoms with Gasteiger partial charge in [0.05, 0.1) is 0 Å². The smallest absolute Gasteiger partial charge is 0.0486 e. The molecule has 72 valence electrons. The van der Waals surface area contributed by atoms with Crippen molar-refractivity contribution in [2.75, 3.05) is 0 Å². The van der Waals surface area contributed by atoms with Gasteiger partial charge < -0.3 is 4.98 Å². The Morgan fingerprint density at radius 3 is 2.43 bits per heavy atom. The summed E-state index contributed by atoms with van der Waals surface area (Å²) in [6.07, 6.45) is 3.20. The Balaban J connectivity index is 2.48. The molecule has 0 atom stereocenters. The van der Waals surface area contributed by atoms with Gasteiger partial charge in [-0.3, -0.25) is 0 Å². The predicted octanol–water partition coefficient (Wildman–Crippen LogP) is 3.55. The highest BCUT2D eigenvalue weighted by Gasteiger charge is 2.06. The van der Waals surface area contributed by atoms with Crippen molar-refractivity contribution in [2.45, 2.75) is 20.3 Å². The van der Waals surface area contributed by atoms with Gasteiger partial charge in [-0.05, 0) is 30.0 Å². The third-order valence-corrected chi connectivity index (χ3v) is 2.69. The van der Waals surface area contributed by atoms with Crippen LogP contribution in [0.15, 0.2) is 36.5 Å². The highest BCUT2D eigenvalue weighted by molar-refractivity contribution is 5.64. The van der Waals surface area contributed by atoms with Crippen molar-refractivity contribution in [2.24, 2.45) is 0 Å². The molecule has 0 unspecified atom stereocenters. The summed E-state index contributed by atoms with van der Waals surface area (Å²) in [5.74, 6) is 0. The Hall–Kier alpha value is -1.50. The predicted molar refractivity (Wildman–Crippen MR) is 60.3 cm³/mol. The van der Waals surface area contributed by atoms with Crippen LogP contribution in [0.3, 0.4) is 0 Å². The first-order chi connectivity index (χ1) is 6.83. The van der Waals surface area contributed by atoms with E-state index in [9.17, 15) is 0 Å². The van der Waals surface area contributed by atoms with Crippen LogP contribution in [0.2, 0.25) is 0 Å². The number of hydrogen-bond acceptors (Lipinski definition) is 0. The van der Waals surface area contributed by atoms with Crippen LogP contribution in [-0.2, 0) is 6.42 Å². The van der Waals surface area contributed by atoms with Crippen LogP contribution >= 0.6 is 0 Å². The van der Waals surface area contributed by atoms with Crippen molar-refractivity contribution in [3.63, 3.8) is 0 Å². The second-order valence-corrected chi connectivity index (χ2v) is 3.53. The molecule has 1 N–H and O–H groups in total. The standard InChI is InChI=1S/C13H15N/c1-3-11-9-14-13(10(11)2)12-7-5-4-6-8-12/h4-9,14H,3H2,1-2H3. The van der Waals surface area contributed by atoms with Crippen LogP contribution in [0.4, 0.5) is 0 Å². The van der Waals surface area contributed by atoms with Crippen LogP contribution in [0.1, 0.15) is 18.1 Å². The second-order valence-electron chi connectivity index (χ2n) is 3.53. The van der Waals surface area contributed by atoms with Gasteiger partial charge in [0.1, 0.15) is 0 Å². The van der Waals surface area contributed by atoms with Gasteiger partial charge in [0, 0.05) is 11.9 Å². The molecule has 0 aliphatic heterocycles. The van der Waals surface area contributed by atoms with Gasteiger partial charge in [-0.25, -0.2) is 0 Å². The summed E-state index contributed by atoms with van der Waals surface area (Å²) in [5, 5.41) is 0. The maximum Gasteiger partial charge on any atom is 0.0486 e.